The SMILES string of the molecule is COCCNCC(C)(C)CCc1cc(F)c(C)cc1F. The standard InChI is InChI=1S/C16H25F2NO/c1-12-9-15(18)13(10-14(12)17)5-6-16(2,3)11-19-7-8-20-4/h9-10,19H,5-8,11H2,1-4H3. The summed E-state index contributed by atoms with van der Waals surface area (Å²) in [6, 6.07) is 2.59. The van der Waals surface area contributed by atoms with Gasteiger partial charge in [0.25, 0.3) is 0 Å². The second kappa shape index (κ2) is 7.70. The van der Waals surface area contributed by atoms with Crippen molar-refractivity contribution in [1.82, 2.24) is 5.32 Å². The number of methoxy groups -OCH3 is 1. The minimum Gasteiger partial charge on any atom is -0.383 e. The molecule has 0 radical (unpaired) electrons. The maximum absolute atomic E-state index is 13.8. The average molecular weight is 285 g/mol. The van der Waals surface area contributed by atoms with E-state index in [9.17, 15) is 8.78 Å². The number of hydrogen-bond acceptors (Lipinski definition) is 2. The lowest BCUT2D eigenvalue weighted by Gasteiger charge is -2.25. The summed E-state index contributed by atoms with van der Waals surface area (Å²) in [7, 11) is 1.67. The second-order valence-electron chi connectivity index (χ2n) is 6.03. The van der Waals surface area contributed by atoms with Gasteiger partial charge in [-0.15, -0.1) is 0 Å². The highest BCUT2D eigenvalue weighted by atomic mass is 19.1. The van der Waals surface area contributed by atoms with Crippen LogP contribution in [0.2, 0.25) is 0 Å². The first kappa shape index (κ1) is 17.1. The first-order valence-electron chi connectivity index (χ1n) is 7.00. The van der Waals surface area contributed by atoms with Gasteiger partial charge in [0.2, 0.25) is 0 Å². The largest absolute Gasteiger partial charge is 0.383 e. The van der Waals surface area contributed by atoms with E-state index in [1.807, 2.05) is 0 Å². The zero-order valence-electron chi connectivity index (χ0n) is 12.9. The van der Waals surface area contributed by atoms with Crippen LogP contribution in [-0.4, -0.2) is 26.8 Å². The number of aryl methyl sites for hydroxylation is 2. The van der Waals surface area contributed by atoms with E-state index in [-0.39, 0.29) is 17.0 Å². The Morgan fingerprint density at radius 3 is 2.55 bits per heavy atom. The Labute approximate surface area is 120 Å². The van der Waals surface area contributed by atoms with Crippen molar-refractivity contribution in [2.45, 2.75) is 33.6 Å². The minimum absolute atomic E-state index is 0.0293. The van der Waals surface area contributed by atoms with Crippen molar-refractivity contribution in [1.29, 1.82) is 0 Å². The lowest BCUT2D eigenvalue weighted by molar-refractivity contribution is 0.193. The van der Waals surface area contributed by atoms with Crippen molar-refractivity contribution in [2.24, 2.45) is 5.41 Å². The Hall–Kier alpha value is -1.00. The van der Waals surface area contributed by atoms with Crippen LogP contribution in [0.4, 0.5) is 8.78 Å². The van der Waals surface area contributed by atoms with Gasteiger partial charge in [0.15, 0.2) is 0 Å². The smallest absolute Gasteiger partial charge is 0.126 e. The molecule has 1 rings (SSSR count). The molecule has 1 aromatic carbocycles. The molecule has 0 spiro atoms. The summed E-state index contributed by atoms with van der Waals surface area (Å²) >= 11 is 0. The van der Waals surface area contributed by atoms with Crippen LogP contribution in [0.25, 0.3) is 0 Å². The minimum atomic E-state index is -0.336. The number of rotatable bonds is 8. The van der Waals surface area contributed by atoms with Gasteiger partial charge in [0.1, 0.15) is 11.6 Å². The Balaban J connectivity index is 2.51. The Morgan fingerprint density at radius 1 is 1.20 bits per heavy atom. The molecule has 0 amide bonds. The molecule has 0 saturated heterocycles. The number of hydrogen-bond donors (Lipinski definition) is 1. The number of halogens is 2. The van der Waals surface area contributed by atoms with Crippen LogP contribution in [0.5, 0.6) is 0 Å². The summed E-state index contributed by atoms with van der Waals surface area (Å²) in [5.41, 5.74) is 0.839. The van der Waals surface area contributed by atoms with Crippen LogP contribution in [0, 0.1) is 24.0 Å². The Morgan fingerprint density at radius 2 is 1.90 bits per heavy atom. The summed E-state index contributed by atoms with van der Waals surface area (Å²) in [6.07, 6.45) is 1.34. The predicted octanol–water partition coefficient (Wildman–Crippen LogP) is 3.47. The fourth-order valence-corrected chi connectivity index (χ4v) is 2.04. The summed E-state index contributed by atoms with van der Waals surface area (Å²) < 4.78 is 32.2. The molecule has 0 aromatic heterocycles. The van der Waals surface area contributed by atoms with Gasteiger partial charge in [-0.3, -0.25) is 0 Å². The van der Waals surface area contributed by atoms with Gasteiger partial charge in [-0.1, -0.05) is 13.8 Å². The van der Waals surface area contributed by atoms with Crippen LogP contribution in [-0.2, 0) is 11.2 Å². The fourth-order valence-electron chi connectivity index (χ4n) is 2.04. The lowest BCUT2D eigenvalue weighted by Crippen LogP contribution is -2.32. The van der Waals surface area contributed by atoms with Crippen molar-refractivity contribution in [3.8, 4) is 0 Å². The van der Waals surface area contributed by atoms with Crippen LogP contribution in [0.3, 0.4) is 0 Å². The number of nitrogens with one attached hydrogen (secondary N) is 1. The van der Waals surface area contributed by atoms with Gasteiger partial charge in [0.05, 0.1) is 6.61 Å². The summed E-state index contributed by atoms with van der Waals surface area (Å²) in [6.45, 7) is 8.12. The molecule has 20 heavy (non-hydrogen) atoms. The first-order chi connectivity index (χ1) is 9.35. The lowest BCUT2D eigenvalue weighted by atomic mass is 9.86. The normalized spacial score (nSPS) is 11.9. The maximum atomic E-state index is 13.8. The molecule has 0 heterocycles. The molecule has 0 bridgehead atoms. The molecule has 0 aliphatic heterocycles. The maximum Gasteiger partial charge on any atom is 0.126 e. The molecule has 114 valence electrons. The number of benzene rings is 1. The van der Waals surface area contributed by atoms with Crippen LogP contribution in [0.15, 0.2) is 12.1 Å². The Bertz CT molecular complexity index is 433. The molecule has 4 heteroatoms. The van der Waals surface area contributed by atoms with Crippen molar-refractivity contribution in [2.75, 3.05) is 26.8 Å². The quantitative estimate of drug-likeness (QED) is 0.738. The summed E-state index contributed by atoms with van der Waals surface area (Å²) in [5, 5.41) is 3.31. The van der Waals surface area contributed by atoms with E-state index in [4.69, 9.17) is 4.74 Å². The Kier molecular flexibility index (Phi) is 6.56. The van der Waals surface area contributed by atoms with E-state index < -0.39 is 0 Å². The van der Waals surface area contributed by atoms with Gasteiger partial charge in [-0.2, -0.15) is 0 Å². The van der Waals surface area contributed by atoms with Gasteiger partial charge in [0, 0.05) is 20.2 Å². The molecule has 1 aromatic rings. The predicted molar refractivity (Wildman–Crippen MR) is 77.9 cm³/mol. The van der Waals surface area contributed by atoms with Crippen LogP contribution in [0.1, 0.15) is 31.4 Å². The molecule has 0 atom stereocenters. The highest BCUT2D eigenvalue weighted by Gasteiger charge is 2.18. The third-order valence-corrected chi connectivity index (χ3v) is 3.49. The summed E-state index contributed by atoms with van der Waals surface area (Å²) in [4.78, 5) is 0. The van der Waals surface area contributed by atoms with Crippen molar-refractivity contribution < 1.29 is 13.5 Å². The zero-order valence-corrected chi connectivity index (χ0v) is 12.9. The summed E-state index contributed by atoms with van der Waals surface area (Å²) in [5.74, 6) is -0.649. The van der Waals surface area contributed by atoms with E-state index >= 15 is 0 Å². The van der Waals surface area contributed by atoms with E-state index in [0.29, 0.717) is 24.2 Å². The van der Waals surface area contributed by atoms with Crippen LogP contribution < -0.4 is 5.32 Å². The van der Waals surface area contributed by atoms with E-state index in [1.54, 1.807) is 14.0 Å². The molecule has 0 fully saturated rings. The molecule has 1 N–H and O–H groups in total. The molecule has 2 nitrogen and oxygen atoms in total. The fraction of sp³-hybridized carbons (Fsp3) is 0.625. The van der Waals surface area contributed by atoms with E-state index in [1.165, 1.54) is 12.1 Å². The molecule has 0 unspecified atom stereocenters. The molecule has 0 saturated carbocycles. The first-order valence-corrected chi connectivity index (χ1v) is 7.00. The molecular formula is C16H25F2NO. The molecular weight excluding hydrogens is 260 g/mol. The van der Waals surface area contributed by atoms with Crippen molar-refractivity contribution in [3.63, 3.8) is 0 Å². The zero-order chi connectivity index (χ0) is 15.2. The van der Waals surface area contributed by atoms with Gasteiger partial charge in [-0.25, -0.2) is 8.78 Å². The third-order valence-electron chi connectivity index (χ3n) is 3.49. The highest BCUT2D eigenvalue weighted by molar-refractivity contribution is 5.25. The topological polar surface area (TPSA) is 21.3 Å². The van der Waals surface area contributed by atoms with E-state index in [0.717, 1.165) is 19.5 Å². The molecule has 0 aliphatic carbocycles. The van der Waals surface area contributed by atoms with Gasteiger partial charge < -0.3 is 10.1 Å². The van der Waals surface area contributed by atoms with Crippen molar-refractivity contribution >= 4 is 0 Å². The third kappa shape index (κ3) is 5.55. The number of ether oxygens (including phenoxy) is 1. The second-order valence-corrected chi connectivity index (χ2v) is 6.03. The van der Waals surface area contributed by atoms with E-state index in [2.05, 4.69) is 19.2 Å². The monoisotopic (exact) mass is 285 g/mol. The van der Waals surface area contributed by atoms with Gasteiger partial charge >= 0.3 is 0 Å². The highest BCUT2D eigenvalue weighted by Crippen LogP contribution is 2.24. The van der Waals surface area contributed by atoms with Gasteiger partial charge in [-0.05, 0) is 48.4 Å². The van der Waals surface area contributed by atoms with Crippen molar-refractivity contribution in [3.05, 3.63) is 34.9 Å². The van der Waals surface area contributed by atoms with Crippen LogP contribution >= 0.6 is 0 Å². The average Bonchev–Trinajstić information content (AvgIpc) is 2.37. The molecule has 0 aliphatic rings.